The van der Waals surface area contributed by atoms with Gasteiger partial charge in [-0.25, -0.2) is 13.2 Å². The van der Waals surface area contributed by atoms with Crippen LogP contribution < -0.4 is 10.0 Å². The summed E-state index contributed by atoms with van der Waals surface area (Å²) in [6, 6.07) is 16.7. The van der Waals surface area contributed by atoms with E-state index in [1.165, 1.54) is 17.0 Å². The zero-order valence-electron chi connectivity index (χ0n) is 24.6. The molecule has 3 amide bonds. The number of carboxylic acid groups (broad SMARTS) is 1. The highest BCUT2D eigenvalue weighted by molar-refractivity contribution is 7.89. The molecule has 240 valence electrons. The quantitative estimate of drug-likeness (QED) is 0.250. The Hall–Kier alpha value is -4.20. The molecule has 12 nitrogen and oxygen atoms in total. The number of hydrogen-bond acceptors (Lipinski definition) is 7. The zero-order valence-corrected chi connectivity index (χ0v) is 26.2. The number of carbonyl (C=O) groups is 4. The topological polar surface area (TPSA) is 162 Å². The fraction of sp³-hybridized carbons (Fsp3) is 0.355. The van der Waals surface area contributed by atoms with Gasteiger partial charge in [0.1, 0.15) is 12.6 Å². The minimum absolute atomic E-state index is 0.0893. The molecule has 3 aromatic carbocycles. The number of benzene rings is 3. The first kappa shape index (κ1) is 33.7. The second-order valence-corrected chi connectivity index (χ2v) is 13.0. The van der Waals surface area contributed by atoms with Crippen molar-refractivity contribution in [2.45, 2.75) is 36.7 Å². The van der Waals surface area contributed by atoms with E-state index in [9.17, 15) is 32.7 Å². The SMILES string of the molecule is COC(=O)CN(Cc1ccc(Cl)cc1)C(=O)[C@H](CC(=O)NC[C@@H]1CCCN(C(=O)O)C1)NS(=O)(=O)c1ccc2ccccc2c1. The van der Waals surface area contributed by atoms with Crippen molar-refractivity contribution in [2.24, 2.45) is 5.92 Å². The Morgan fingerprint density at radius 1 is 1.07 bits per heavy atom. The van der Waals surface area contributed by atoms with Crippen molar-refractivity contribution in [2.75, 3.05) is 33.3 Å². The van der Waals surface area contributed by atoms with Gasteiger partial charge in [-0.15, -0.1) is 0 Å². The van der Waals surface area contributed by atoms with Crippen LogP contribution in [0.1, 0.15) is 24.8 Å². The van der Waals surface area contributed by atoms with Crippen molar-refractivity contribution in [3.8, 4) is 0 Å². The monoisotopic (exact) mass is 658 g/mol. The molecule has 1 aliphatic rings. The van der Waals surface area contributed by atoms with Crippen LogP contribution in [0.4, 0.5) is 4.79 Å². The number of sulfonamides is 1. The Morgan fingerprint density at radius 3 is 2.47 bits per heavy atom. The number of carbonyl (C=O) groups excluding carboxylic acids is 3. The van der Waals surface area contributed by atoms with Crippen LogP contribution in [0.3, 0.4) is 0 Å². The summed E-state index contributed by atoms with van der Waals surface area (Å²) in [5.74, 6) is -2.31. The standard InChI is InChI=1S/C31H35ClN4O8S/c1-44-29(38)20-36(18-21-8-11-25(32)12-9-21)30(39)27(16-28(37)33-17-22-5-4-14-35(19-22)31(40)41)34-45(42,43)26-13-10-23-6-2-3-7-24(23)15-26/h2-3,6-13,15,22,27,34H,4-5,14,16-20H2,1H3,(H,33,37)(H,40,41)/t22-,27-/m0/s1. The molecular weight excluding hydrogens is 624 g/mol. The lowest BCUT2D eigenvalue weighted by Crippen LogP contribution is -2.51. The summed E-state index contributed by atoms with van der Waals surface area (Å²) < 4.78 is 34.4. The first-order valence-corrected chi connectivity index (χ1v) is 16.2. The van der Waals surface area contributed by atoms with Gasteiger partial charge in [0.15, 0.2) is 0 Å². The molecule has 4 rings (SSSR count). The normalized spacial score (nSPS) is 15.7. The molecule has 0 saturated carbocycles. The molecule has 0 bridgehead atoms. The Bertz CT molecular complexity index is 1650. The van der Waals surface area contributed by atoms with Crippen molar-refractivity contribution < 1.29 is 37.4 Å². The summed E-state index contributed by atoms with van der Waals surface area (Å²) in [5.41, 5.74) is 0.609. The Kier molecular flexibility index (Phi) is 11.4. The van der Waals surface area contributed by atoms with Gasteiger partial charge in [-0.1, -0.05) is 54.1 Å². The van der Waals surface area contributed by atoms with Crippen LogP contribution in [0.2, 0.25) is 5.02 Å². The lowest BCUT2D eigenvalue weighted by molar-refractivity contribution is -0.148. The maximum atomic E-state index is 14.0. The van der Waals surface area contributed by atoms with Crippen LogP contribution >= 0.6 is 11.6 Å². The van der Waals surface area contributed by atoms with Crippen LogP contribution in [0.15, 0.2) is 71.6 Å². The molecule has 2 atom stereocenters. The first-order chi connectivity index (χ1) is 21.4. The van der Waals surface area contributed by atoms with E-state index < -0.39 is 52.9 Å². The van der Waals surface area contributed by atoms with Crippen LogP contribution in [0.5, 0.6) is 0 Å². The second kappa shape index (κ2) is 15.2. The molecule has 1 aliphatic heterocycles. The van der Waals surface area contributed by atoms with Gasteiger partial charge in [-0.3, -0.25) is 14.4 Å². The maximum absolute atomic E-state index is 14.0. The number of nitrogens with one attached hydrogen (secondary N) is 2. The van der Waals surface area contributed by atoms with Crippen LogP contribution in [-0.4, -0.2) is 86.5 Å². The molecule has 0 radical (unpaired) electrons. The molecule has 0 spiro atoms. The molecule has 3 aromatic rings. The third-order valence-electron chi connectivity index (χ3n) is 7.54. The van der Waals surface area contributed by atoms with Crippen LogP contribution in [0, 0.1) is 5.92 Å². The van der Waals surface area contributed by atoms with E-state index in [1.54, 1.807) is 42.5 Å². The van der Waals surface area contributed by atoms with Gasteiger partial charge in [0.2, 0.25) is 21.8 Å². The number of rotatable bonds is 12. The molecule has 45 heavy (non-hydrogen) atoms. The van der Waals surface area contributed by atoms with Crippen molar-refractivity contribution in [1.29, 1.82) is 0 Å². The molecule has 3 N–H and O–H groups in total. The first-order valence-electron chi connectivity index (χ1n) is 14.3. The predicted octanol–water partition coefficient (Wildman–Crippen LogP) is 3.24. The number of nitrogens with zero attached hydrogens (tertiary/aromatic N) is 2. The van der Waals surface area contributed by atoms with Gasteiger partial charge in [0, 0.05) is 31.2 Å². The lowest BCUT2D eigenvalue weighted by Gasteiger charge is -2.31. The van der Waals surface area contributed by atoms with Gasteiger partial charge < -0.3 is 25.0 Å². The summed E-state index contributed by atoms with van der Waals surface area (Å²) >= 11 is 5.99. The Labute approximate surface area is 266 Å². The van der Waals surface area contributed by atoms with E-state index in [0.29, 0.717) is 35.4 Å². The van der Waals surface area contributed by atoms with E-state index in [2.05, 4.69) is 10.0 Å². The van der Waals surface area contributed by atoms with E-state index >= 15 is 0 Å². The highest BCUT2D eigenvalue weighted by Crippen LogP contribution is 2.21. The highest BCUT2D eigenvalue weighted by Gasteiger charge is 2.33. The van der Waals surface area contributed by atoms with E-state index in [4.69, 9.17) is 16.3 Å². The van der Waals surface area contributed by atoms with Crippen molar-refractivity contribution in [1.82, 2.24) is 19.8 Å². The third-order valence-corrected chi connectivity index (χ3v) is 9.26. The zero-order chi connectivity index (χ0) is 32.6. The fourth-order valence-electron chi connectivity index (χ4n) is 5.15. The number of methoxy groups -OCH3 is 1. The summed E-state index contributed by atoms with van der Waals surface area (Å²) in [6.45, 7) is 0.226. The summed E-state index contributed by atoms with van der Waals surface area (Å²) in [6.07, 6.45) is -0.257. The number of piperidine rings is 1. The van der Waals surface area contributed by atoms with Gasteiger partial charge in [0.25, 0.3) is 0 Å². The molecule has 1 saturated heterocycles. The molecule has 0 unspecified atom stereocenters. The number of amides is 3. The average molecular weight is 659 g/mol. The number of esters is 1. The number of ether oxygens (including phenoxy) is 1. The molecule has 14 heteroatoms. The van der Waals surface area contributed by atoms with Crippen molar-refractivity contribution >= 4 is 56.3 Å². The minimum atomic E-state index is -4.32. The second-order valence-electron chi connectivity index (χ2n) is 10.8. The van der Waals surface area contributed by atoms with Gasteiger partial charge in [0.05, 0.1) is 18.4 Å². The third kappa shape index (κ3) is 9.40. The van der Waals surface area contributed by atoms with Crippen LogP contribution in [-0.2, 0) is 35.7 Å². The fourth-order valence-corrected chi connectivity index (χ4v) is 6.50. The van der Waals surface area contributed by atoms with E-state index in [-0.39, 0.29) is 30.4 Å². The number of hydrogen-bond donors (Lipinski definition) is 3. The molecule has 1 fully saturated rings. The van der Waals surface area contributed by atoms with Gasteiger partial charge in [-0.05, 0) is 59.4 Å². The van der Waals surface area contributed by atoms with Crippen molar-refractivity contribution in [3.05, 3.63) is 77.3 Å². The smallest absolute Gasteiger partial charge is 0.407 e. The van der Waals surface area contributed by atoms with Gasteiger partial charge >= 0.3 is 12.1 Å². The lowest BCUT2D eigenvalue weighted by atomic mass is 9.98. The minimum Gasteiger partial charge on any atom is -0.468 e. The average Bonchev–Trinajstić information content (AvgIpc) is 3.03. The summed E-state index contributed by atoms with van der Waals surface area (Å²) in [4.78, 5) is 53.1. The van der Waals surface area contributed by atoms with Gasteiger partial charge in [-0.2, -0.15) is 4.72 Å². The molecule has 1 heterocycles. The maximum Gasteiger partial charge on any atom is 0.407 e. The largest absolute Gasteiger partial charge is 0.468 e. The Morgan fingerprint density at radius 2 is 1.78 bits per heavy atom. The Balaban J connectivity index is 1.58. The number of fused-ring (bicyclic) bond motifs is 1. The highest BCUT2D eigenvalue weighted by atomic mass is 35.5. The number of halogens is 1. The summed E-state index contributed by atoms with van der Waals surface area (Å²) in [7, 11) is -3.16. The number of likely N-dealkylation sites (tertiary alicyclic amines) is 1. The van der Waals surface area contributed by atoms with Crippen LogP contribution in [0.25, 0.3) is 10.8 Å². The molecule has 0 aliphatic carbocycles. The molecular formula is C31H35ClN4O8S. The summed E-state index contributed by atoms with van der Waals surface area (Å²) in [5, 5.41) is 14.0. The van der Waals surface area contributed by atoms with Crippen molar-refractivity contribution in [3.63, 3.8) is 0 Å². The molecule has 0 aromatic heterocycles. The predicted molar refractivity (Wildman–Crippen MR) is 167 cm³/mol. The van der Waals surface area contributed by atoms with E-state index in [0.717, 1.165) is 17.4 Å². The van der Waals surface area contributed by atoms with E-state index in [1.807, 2.05) is 12.1 Å².